The topological polar surface area (TPSA) is 35.2 Å². The summed E-state index contributed by atoms with van der Waals surface area (Å²) in [4.78, 5) is 0. The molecule has 1 atom stereocenters. The summed E-state index contributed by atoms with van der Waals surface area (Å²) in [6, 6.07) is 5.97. The van der Waals surface area contributed by atoms with Gasteiger partial charge >= 0.3 is 0 Å². The van der Waals surface area contributed by atoms with Gasteiger partial charge in [-0.3, -0.25) is 0 Å². The van der Waals surface area contributed by atoms with Crippen LogP contribution in [0, 0.1) is 5.92 Å². The molecule has 0 saturated heterocycles. The van der Waals surface area contributed by atoms with E-state index in [-0.39, 0.29) is 6.04 Å². The number of hydrogen-bond acceptors (Lipinski definition) is 2. The average Bonchev–Trinajstić information content (AvgIpc) is 2.41. The Balaban J connectivity index is 2.75. The van der Waals surface area contributed by atoms with Crippen molar-refractivity contribution in [2.45, 2.75) is 52.5 Å². The molecule has 19 heavy (non-hydrogen) atoms. The van der Waals surface area contributed by atoms with Crippen molar-refractivity contribution in [3.8, 4) is 5.75 Å². The van der Waals surface area contributed by atoms with E-state index < -0.39 is 0 Å². The van der Waals surface area contributed by atoms with Gasteiger partial charge in [0, 0.05) is 11.1 Å². The lowest BCUT2D eigenvalue weighted by molar-refractivity contribution is 0.238. The lowest BCUT2D eigenvalue weighted by atomic mass is 10.0. The van der Waals surface area contributed by atoms with Crippen LogP contribution in [0.4, 0.5) is 0 Å². The highest BCUT2D eigenvalue weighted by molar-refractivity contribution is 6.30. The first-order chi connectivity index (χ1) is 9.10. The molecule has 3 heteroatoms. The number of rotatable bonds is 8. The summed E-state index contributed by atoms with van der Waals surface area (Å²) in [6.07, 6.45) is 4.07. The molecule has 0 amide bonds. The number of halogens is 1. The van der Waals surface area contributed by atoms with Crippen LogP contribution in [0.25, 0.3) is 0 Å². The van der Waals surface area contributed by atoms with Gasteiger partial charge in [0.15, 0.2) is 0 Å². The van der Waals surface area contributed by atoms with E-state index in [1.165, 1.54) is 0 Å². The van der Waals surface area contributed by atoms with Crippen LogP contribution in [0.15, 0.2) is 18.2 Å². The standard InChI is InChI=1S/C16H26ClNO/c1-4-12(5-2)11-19-16-8-7-14(17)9-13(16)10-15(18)6-3/h7-9,12,15H,4-6,10-11,18H2,1-3H3. The average molecular weight is 284 g/mol. The molecule has 0 saturated carbocycles. The zero-order valence-electron chi connectivity index (χ0n) is 12.3. The summed E-state index contributed by atoms with van der Waals surface area (Å²) in [6.45, 7) is 7.27. The molecule has 0 spiro atoms. The molecule has 0 aromatic heterocycles. The van der Waals surface area contributed by atoms with Gasteiger partial charge in [0.25, 0.3) is 0 Å². The number of nitrogens with two attached hydrogens (primary N) is 1. The van der Waals surface area contributed by atoms with E-state index in [9.17, 15) is 0 Å². The van der Waals surface area contributed by atoms with Crippen LogP contribution < -0.4 is 10.5 Å². The first-order valence-electron chi connectivity index (χ1n) is 7.27. The second kappa shape index (κ2) is 8.44. The molecule has 0 aliphatic rings. The van der Waals surface area contributed by atoms with Gasteiger partial charge in [-0.25, -0.2) is 0 Å². The Morgan fingerprint density at radius 2 is 1.84 bits per heavy atom. The highest BCUT2D eigenvalue weighted by Crippen LogP contribution is 2.25. The van der Waals surface area contributed by atoms with E-state index in [2.05, 4.69) is 20.8 Å². The summed E-state index contributed by atoms with van der Waals surface area (Å²) in [5, 5.41) is 0.744. The third kappa shape index (κ3) is 5.42. The van der Waals surface area contributed by atoms with Gasteiger partial charge in [0.1, 0.15) is 5.75 Å². The van der Waals surface area contributed by atoms with Crippen LogP contribution in [0.1, 0.15) is 45.6 Å². The first kappa shape index (κ1) is 16.3. The Bertz CT molecular complexity index is 377. The molecule has 0 radical (unpaired) electrons. The van der Waals surface area contributed by atoms with Crippen LogP contribution in [-0.2, 0) is 6.42 Å². The largest absolute Gasteiger partial charge is 0.493 e. The lowest BCUT2D eigenvalue weighted by Crippen LogP contribution is -2.22. The molecule has 2 nitrogen and oxygen atoms in total. The zero-order valence-corrected chi connectivity index (χ0v) is 13.0. The Kier molecular flexibility index (Phi) is 7.25. The van der Waals surface area contributed by atoms with Crippen LogP contribution in [0.3, 0.4) is 0 Å². The maximum absolute atomic E-state index is 6.06. The van der Waals surface area contributed by atoms with Crippen molar-refractivity contribution in [2.75, 3.05) is 6.61 Å². The van der Waals surface area contributed by atoms with Crippen LogP contribution in [0.5, 0.6) is 5.75 Å². The fourth-order valence-electron chi connectivity index (χ4n) is 2.01. The molecule has 108 valence electrons. The molecule has 1 rings (SSSR count). The summed E-state index contributed by atoms with van der Waals surface area (Å²) in [7, 11) is 0. The van der Waals surface area contributed by atoms with Crippen LogP contribution in [-0.4, -0.2) is 12.6 Å². The number of benzene rings is 1. The molecule has 0 aliphatic carbocycles. The highest BCUT2D eigenvalue weighted by atomic mass is 35.5. The van der Waals surface area contributed by atoms with Crippen molar-refractivity contribution in [1.29, 1.82) is 0 Å². The SMILES string of the molecule is CCC(N)Cc1cc(Cl)ccc1OCC(CC)CC. The van der Waals surface area contributed by atoms with Gasteiger partial charge in [-0.2, -0.15) is 0 Å². The maximum atomic E-state index is 6.06. The summed E-state index contributed by atoms with van der Waals surface area (Å²) >= 11 is 6.06. The van der Waals surface area contributed by atoms with Gasteiger partial charge in [-0.15, -0.1) is 0 Å². The van der Waals surface area contributed by atoms with E-state index >= 15 is 0 Å². The zero-order chi connectivity index (χ0) is 14.3. The molecule has 1 aromatic rings. The Hall–Kier alpha value is -0.730. The fourth-order valence-corrected chi connectivity index (χ4v) is 2.20. The predicted molar refractivity (Wildman–Crippen MR) is 83.0 cm³/mol. The van der Waals surface area contributed by atoms with Crippen molar-refractivity contribution in [1.82, 2.24) is 0 Å². The predicted octanol–water partition coefficient (Wildman–Crippen LogP) is 4.43. The molecule has 0 bridgehead atoms. The van der Waals surface area contributed by atoms with Crippen LogP contribution >= 0.6 is 11.6 Å². The van der Waals surface area contributed by atoms with Gasteiger partial charge in [-0.1, -0.05) is 45.2 Å². The molecule has 2 N–H and O–H groups in total. The van der Waals surface area contributed by atoms with Gasteiger partial charge < -0.3 is 10.5 Å². The van der Waals surface area contributed by atoms with E-state index in [1.54, 1.807) is 0 Å². The molecular weight excluding hydrogens is 258 g/mol. The molecular formula is C16H26ClNO. The van der Waals surface area contributed by atoms with Crippen LogP contribution in [0.2, 0.25) is 5.02 Å². The monoisotopic (exact) mass is 283 g/mol. The summed E-state index contributed by atoms with van der Waals surface area (Å²) < 4.78 is 5.97. The minimum atomic E-state index is 0.161. The van der Waals surface area contributed by atoms with E-state index in [0.29, 0.717) is 5.92 Å². The Labute approximate surface area is 122 Å². The quantitative estimate of drug-likeness (QED) is 0.766. The van der Waals surface area contributed by atoms with Crippen molar-refractivity contribution in [3.05, 3.63) is 28.8 Å². The Morgan fingerprint density at radius 3 is 2.42 bits per heavy atom. The first-order valence-corrected chi connectivity index (χ1v) is 7.65. The van der Waals surface area contributed by atoms with E-state index in [4.69, 9.17) is 22.1 Å². The number of hydrogen-bond donors (Lipinski definition) is 1. The second-order valence-electron chi connectivity index (χ2n) is 5.12. The summed E-state index contributed by atoms with van der Waals surface area (Å²) in [5.41, 5.74) is 7.15. The van der Waals surface area contributed by atoms with Crippen molar-refractivity contribution >= 4 is 11.6 Å². The number of ether oxygens (including phenoxy) is 1. The van der Waals surface area contributed by atoms with Crippen molar-refractivity contribution < 1.29 is 4.74 Å². The fraction of sp³-hybridized carbons (Fsp3) is 0.625. The van der Waals surface area contributed by atoms with Gasteiger partial charge in [-0.05, 0) is 42.5 Å². The molecule has 0 heterocycles. The lowest BCUT2D eigenvalue weighted by Gasteiger charge is -2.18. The second-order valence-corrected chi connectivity index (χ2v) is 5.55. The van der Waals surface area contributed by atoms with Gasteiger partial charge in [0.05, 0.1) is 6.61 Å². The molecule has 1 aromatic carbocycles. The summed E-state index contributed by atoms with van der Waals surface area (Å²) in [5.74, 6) is 1.54. The van der Waals surface area contributed by atoms with Crippen molar-refractivity contribution in [3.63, 3.8) is 0 Å². The molecule has 0 aliphatic heterocycles. The minimum absolute atomic E-state index is 0.161. The molecule has 1 unspecified atom stereocenters. The van der Waals surface area contributed by atoms with E-state index in [0.717, 1.165) is 48.6 Å². The van der Waals surface area contributed by atoms with Crippen molar-refractivity contribution in [2.24, 2.45) is 11.7 Å². The highest BCUT2D eigenvalue weighted by Gasteiger charge is 2.11. The van der Waals surface area contributed by atoms with Gasteiger partial charge in [0.2, 0.25) is 0 Å². The third-order valence-electron chi connectivity index (χ3n) is 3.66. The Morgan fingerprint density at radius 1 is 1.16 bits per heavy atom. The molecule has 0 fully saturated rings. The minimum Gasteiger partial charge on any atom is -0.493 e. The normalized spacial score (nSPS) is 12.7. The van der Waals surface area contributed by atoms with E-state index in [1.807, 2.05) is 18.2 Å². The smallest absolute Gasteiger partial charge is 0.122 e. The maximum Gasteiger partial charge on any atom is 0.122 e. The third-order valence-corrected chi connectivity index (χ3v) is 3.89.